The Morgan fingerprint density at radius 2 is 1.12 bits per heavy atom. The summed E-state index contributed by atoms with van der Waals surface area (Å²) in [6, 6.07) is 8.79. The van der Waals surface area contributed by atoms with Gasteiger partial charge in [-0.15, -0.1) is 0 Å². The maximum Gasteiger partial charge on any atom is 0.232 e. The molecule has 172 valence electrons. The molecule has 0 radical (unpaired) electrons. The lowest BCUT2D eigenvalue weighted by Crippen LogP contribution is -2.54. The van der Waals surface area contributed by atoms with Gasteiger partial charge in [-0.3, -0.25) is 0 Å². The summed E-state index contributed by atoms with van der Waals surface area (Å²) in [6.45, 7) is 2.68. The monoisotopic (exact) mass is 438 g/mol. The van der Waals surface area contributed by atoms with E-state index in [4.69, 9.17) is 37.9 Å². The van der Waals surface area contributed by atoms with E-state index in [1.807, 2.05) is 0 Å². The van der Waals surface area contributed by atoms with Gasteiger partial charge in [-0.1, -0.05) is 24.3 Å². The second-order valence-electron chi connectivity index (χ2n) is 9.60. The third kappa shape index (κ3) is 4.63. The van der Waals surface area contributed by atoms with Crippen LogP contribution in [-0.2, 0) is 12.8 Å². The number of fused-ring (bicyclic) bond motifs is 1. The minimum absolute atomic E-state index is 0.00321. The molecule has 3 heterocycles. The smallest absolute Gasteiger partial charge is 0.232 e. The molecule has 2 aliphatic heterocycles. The highest BCUT2D eigenvalue weighted by atomic mass is 15.4. The molecule has 0 spiro atoms. The Kier molecular flexibility index (Phi) is 5.85. The molecule has 1 aromatic carbocycles. The van der Waals surface area contributed by atoms with Crippen LogP contribution >= 0.6 is 0 Å². The molecule has 2 saturated heterocycles. The second kappa shape index (κ2) is 8.78. The molecule has 0 amide bonds. The molecule has 0 unspecified atom stereocenters. The first kappa shape index (κ1) is 21.3. The minimum atomic E-state index is -0.00321. The number of nitrogens with two attached hydrogens (primary N) is 4. The molecule has 2 aromatic rings. The number of nitrogens with zero attached hydrogens (tertiary/aromatic N) is 5. The minimum Gasteiger partial charge on any atom is -0.351 e. The Balaban J connectivity index is 1.43. The zero-order valence-corrected chi connectivity index (χ0v) is 18.4. The van der Waals surface area contributed by atoms with Crippen molar-refractivity contribution in [2.45, 2.75) is 55.9 Å². The Labute approximate surface area is 188 Å². The molecule has 0 saturated carbocycles. The standard InChI is InChI=1S/C22H34N10/c23-15-7-16(24)10-31(9-15)21-28-20(27-19-5-13-3-1-2-4-14(13)6-19)29-22(30-21)32-11-17(25)8-18(26)12-32/h1-4,15-19H,5-12,23-26H2,(H,27,28,29,30)/t15-,16+,17-,18+. The molecule has 0 bridgehead atoms. The molecule has 1 aliphatic carbocycles. The summed E-state index contributed by atoms with van der Waals surface area (Å²) >= 11 is 0. The molecule has 4 atom stereocenters. The number of aromatic nitrogens is 3. The van der Waals surface area contributed by atoms with Gasteiger partial charge >= 0.3 is 0 Å². The number of nitrogens with one attached hydrogen (secondary N) is 1. The summed E-state index contributed by atoms with van der Waals surface area (Å²) in [7, 11) is 0. The van der Waals surface area contributed by atoms with Crippen molar-refractivity contribution in [3.05, 3.63) is 35.4 Å². The Morgan fingerprint density at radius 3 is 1.56 bits per heavy atom. The summed E-state index contributed by atoms with van der Waals surface area (Å²) < 4.78 is 0. The van der Waals surface area contributed by atoms with Crippen LogP contribution in [0.15, 0.2) is 24.3 Å². The number of rotatable bonds is 4. The van der Waals surface area contributed by atoms with Gasteiger partial charge in [0.1, 0.15) is 0 Å². The fourth-order valence-electron chi connectivity index (χ4n) is 5.23. The summed E-state index contributed by atoms with van der Waals surface area (Å²) in [6.07, 6.45) is 3.50. The van der Waals surface area contributed by atoms with E-state index < -0.39 is 0 Å². The third-order valence-electron chi connectivity index (χ3n) is 6.59. The molecule has 5 rings (SSSR count). The summed E-state index contributed by atoms with van der Waals surface area (Å²) in [5, 5.41) is 3.55. The SMILES string of the molecule is N[C@@H]1C[C@H](N)CN(c2nc(NC3Cc4ccccc4C3)nc(N3C[C@H](N)C[C@H](N)C3)n2)C1. The molecule has 1 aromatic heterocycles. The Morgan fingerprint density at radius 1 is 0.688 bits per heavy atom. The van der Waals surface area contributed by atoms with Gasteiger partial charge in [-0.25, -0.2) is 0 Å². The lowest BCUT2D eigenvalue weighted by molar-refractivity contribution is 0.441. The normalized spacial score (nSPS) is 28.6. The van der Waals surface area contributed by atoms with Crippen LogP contribution in [0.25, 0.3) is 0 Å². The van der Waals surface area contributed by atoms with E-state index in [0.717, 1.165) is 25.7 Å². The lowest BCUT2D eigenvalue weighted by Gasteiger charge is -2.37. The number of anilines is 3. The first-order valence-corrected chi connectivity index (χ1v) is 11.5. The van der Waals surface area contributed by atoms with Crippen LogP contribution in [0.1, 0.15) is 24.0 Å². The van der Waals surface area contributed by atoms with Crippen LogP contribution in [0.2, 0.25) is 0 Å². The van der Waals surface area contributed by atoms with E-state index >= 15 is 0 Å². The quantitative estimate of drug-likeness (QED) is 0.408. The fraction of sp³-hybridized carbons (Fsp3) is 0.591. The average Bonchev–Trinajstić information content (AvgIpc) is 3.14. The maximum atomic E-state index is 6.24. The highest BCUT2D eigenvalue weighted by Gasteiger charge is 2.29. The van der Waals surface area contributed by atoms with Crippen molar-refractivity contribution in [2.75, 3.05) is 41.3 Å². The molecule has 10 nitrogen and oxygen atoms in total. The molecular weight excluding hydrogens is 404 g/mol. The lowest BCUT2D eigenvalue weighted by atomic mass is 10.0. The predicted octanol–water partition coefficient (Wildman–Crippen LogP) is -0.820. The molecule has 2 fully saturated rings. The van der Waals surface area contributed by atoms with Crippen LogP contribution in [0.4, 0.5) is 17.8 Å². The van der Waals surface area contributed by atoms with E-state index in [1.54, 1.807) is 0 Å². The summed E-state index contributed by atoms with van der Waals surface area (Å²) in [4.78, 5) is 18.5. The van der Waals surface area contributed by atoms with Crippen molar-refractivity contribution < 1.29 is 0 Å². The second-order valence-corrected chi connectivity index (χ2v) is 9.60. The predicted molar refractivity (Wildman–Crippen MR) is 127 cm³/mol. The zero-order valence-electron chi connectivity index (χ0n) is 18.4. The van der Waals surface area contributed by atoms with Crippen molar-refractivity contribution in [3.8, 4) is 0 Å². The van der Waals surface area contributed by atoms with E-state index in [2.05, 4.69) is 39.4 Å². The number of piperidine rings is 2. The maximum absolute atomic E-state index is 6.24. The third-order valence-corrected chi connectivity index (χ3v) is 6.59. The van der Waals surface area contributed by atoms with Crippen molar-refractivity contribution in [1.29, 1.82) is 0 Å². The van der Waals surface area contributed by atoms with Gasteiger partial charge in [0.05, 0.1) is 0 Å². The van der Waals surface area contributed by atoms with E-state index in [0.29, 0.717) is 44.0 Å². The first-order chi connectivity index (χ1) is 15.4. The van der Waals surface area contributed by atoms with E-state index in [9.17, 15) is 0 Å². The van der Waals surface area contributed by atoms with E-state index in [-0.39, 0.29) is 30.2 Å². The van der Waals surface area contributed by atoms with Crippen LogP contribution in [-0.4, -0.2) is 71.3 Å². The largest absolute Gasteiger partial charge is 0.351 e. The van der Waals surface area contributed by atoms with Crippen LogP contribution in [0.3, 0.4) is 0 Å². The first-order valence-electron chi connectivity index (χ1n) is 11.5. The highest BCUT2D eigenvalue weighted by molar-refractivity contribution is 5.48. The van der Waals surface area contributed by atoms with Crippen LogP contribution in [0.5, 0.6) is 0 Å². The number of hydrogen-bond donors (Lipinski definition) is 5. The van der Waals surface area contributed by atoms with Gasteiger partial charge in [0.25, 0.3) is 0 Å². The molecule has 9 N–H and O–H groups in total. The summed E-state index contributed by atoms with van der Waals surface area (Å²) in [5.41, 5.74) is 27.7. The van der Waals surface area contributed by atoms with Gasteiger partial charge in [-0.05, 0) is 36.8 Å². The molecular formula is C22H34N10. The Bertz CT molecular complexity index is 863. The van der Waals surface area contributed by atoms with Crippen molar-refractivity contribution in [2.24, 2.45) is 22.9 Å². The van der Waals surface area contributed by atoms with Gasteiger partial charge in [0.2, 0.25) is 17.8 Å². The molecule has 3 aliphatic rings. The van der Waals surface area contributed by atoms with Crippen LogP contribution in [0, 0.1) is 0 Å². The van der Waals surface area contributed by atoms with Gasteiger partial charge in [0, 0.05) is 56.4 Å². The topological polar surface area (TPSA) is 161 Å². The average molecular weight is 439 g/mol. The zero-order chi connectivity index (χ0) is 22.2. The highest BCUT2D eigenvalue weighted by Crippen LogP contribution is 2.26. The van der Waals surface area contributed by atoms with Gasteiger partial charge in [-0.2, -0.15) is 15.0 Å². The van der Waals surface area contributed by atoms with Gasteiger partial charge < -0.3 is 38.1 Å². The fourth-order valence-corrected chi connectivity index (χ4v) is 5.23. The van der Waals surface area contributed by atoms with Crippen molar-refractivity contribution in [1.82, 2.24) is 15.0 Å². The number of hydrogen-bond acceptors (Lipinski definition) is 10. The molecule has 10 heteroatoms. The van der Waals surface area contributed by atoms with Crippen molar-refractivity contribution >= 4 is 17.8 Å². The van der Waals surface area contributed by atoms with Crippen LogP contribution < -0.4 is 38.1 Å². The van der Waals surface area contributed by atoms with Gasteiger partial charge in [0.15, 0.2) is 0 Å². The van der Waals surface area contributed by atoms with E-state index in [1.165, 1.54) is 11.1 Å². The molecule has 32 heavy (non-hydrogen) atoms. The number of benzene rings is 1. The summed E-state index contributed by atoms with van der Waals surface area (Å²) in [5.74, 6) is 1.78. The Hall–Kier alpha value is -2.53. The van der Waals surface area contributed by atoms with Crippen molar-refractivity contribution in [3.63, 3.8) is 0 Å².